The van der Waals surface area contributed by atoms with Crippen molar-refractivity contribution in [3.63, 3.8) is 0 Å². The van der Waals surface area contributed by atoms with Crippen LogP contribution in [0, 0.1) is 0 Å². The molecule has 4 nitrogen and oxygen atoms in total. The lowest BCUT2D eigenvalue weighted by molar-refractivity contribution is 0.105. The van der Waals surface area contributed by atoms with Gasteiger partial charge in [-0.05, 0) is 33.0 Å². The van der Waals surface area contributed by atoms with Crippen LogP contribution >= 0.6 is 0 Å². The van der Waals surface area contributed by atoms with Crippen LogP contribution < -0.4 is 5.73 Å². The predicted octanol–water partition coefficient (Wildman–Crippen LogP) is 1.41. The lowest BCUT2D eigenvalue weighted by Gasteiger charge is -2.43. The second-order valence-electron chi connectivity index (χ2n) is 5.00. The van der Waals surface area contributed by atoms with Gasteiger partial charge in [0.25, 0.3) is 0 Å². The largest absolute Gasteiger partial charge is 0.326 e. The van der Waals surface area contributed by atoms with Gasteiger partial charge in [0, 0.05) is 31.2 Å². The van der Waals surface area contributed by atoms with Crippen LogP contribution in [0.2, 0.25) is 0 Å². The Hall–Kier alpha value is -0.870. The van der Waals surface area contributed by atoms with Gasteiger partial charge in [-0.25, -0.2) is 0 Å². The summed E-state index contributed by atoms with van der Waals surface area (Å²) in [4.78, 5) is 2.26. The molecule has 1 unspecified atom stereocenters. The van der Waals surface area contributed by atoms with Crippen molar-refractivity contribution in [3.05, 3.63) is 18.0 Å². The van der Waals surface area contributed by atoms with E-state index in [2.05, 4.69) is 37.9 Å². The van der Waals surface area contributed by atoms with E-state index in [0.29, 0.717) is 0 Å². The van der Waals surface area contributed by atoms with Crippen LogP contribution in [0.15, 0.2) is 12.3 Å². The second-order valence-corrected chi connectivity index (χ2v) is 5.00. The molecule has 1 rings (SSSR count). The molecule has 1 aromatic rings. The molecule has 0 radical (unpaired) electrons. The number of nitrogens with two attached hydrogens (primary N) is 1. The molecular formula is C13H26N4. The molecule has 0 bridgehead atoms. The highest BCUT2D eigenvalue weighted by atomic mass is 15.2. The van der Waals surface area contributed by atoms with Gasteiger partial charge in [0.1, 0.15) is 0 Å². The smallest absolute Gasteiger partial charge is 0.0640 e. The van der Waals surface area contributed by atoms with Crippen molar-refractivity contribution < 1.29 is 0 Å². The molecule has 0 aromatic carbocycles. The van der Waals surface area contributed by atoms with Crippen LogP contribution in [0.25, 0.3) is 0 Å². The van der Waals surface area contributed by atoms with Gasteiger partial charge >= 0.3 is 0 Å². The zero-order valence-electron chi connectivity index (χ0n) is 11.8. The number of aryl methyl sites for hydroxylation is 1. The third-order valence-corrected chi connectivity index (χ3v) is 4.00. The standard InChI is InChI=1S/C13H26N4/c1-6-13(7-2,16(3)4)12(14)10-11-8-9-17(5)15-11/h8-9,12H,6-7,10,14H2,1-5H3. The minimum Gasteiger partial charge on any atom is -0.326 e. The number of hydrogen-bond donors (Lipinski definition) is 1. The Balaban J connectivity index is 2.82. The third-order valence-electron chi connectivity index (χ3n) is 4.00. The fraction of sp³-hybridized carbons (Fsp3) is 0.769. The summed E-state index contributed by atoms with van der Waals surface area (Å²) in [7, 11) is 6.17. The van der Waals surface area contributed by atoms with E-state index in [1.807, 2.05) is 24.0 Å². The molecule has 0 amide bonds. The molecule has 0 saturated heterocycles. The summed E-state index contributed by atoms with van der Waals surface area (Å²) < 4.78 is 1.83. The van der Waals surface area contributed by atoms with Gasteiger partial charge in [-0.2, -0.15) is 5.10 Å². The summed E-state index contributed by atoms with van der Waals surface area (Å²) in [6, 6.07) is 2.16. The van der Waals surface area contributed by atoms with E-state index in [1.165, 1.54) is 0 Å². The molecular weight excluding hydrogens is 212 g/mol. The number of nitrogens with zero attached hydrogens (tertiary/aromatic N) is 3. The molecule has 0 fully saturated rings. The lowest BCUT2D eigenvalue weighted by atomic mass is 9.81. The Bertz CT molecular complexity index is 339. The van der Waals surface area contributed by atoms with Crippen LogP contribution in [0.5, 0.6) is 0 Å². The average molecular weight is 238 g/mol. The molecule has 17 heavy (non-hydrogen) atoms. The summed E-state index contributed by atoms with van der Waals surface area (Å²) in [5, 5.41) is 4.41. The van der Waals surface area contributed by atoms with Crippen LogP contribution in [-0.2, 0) is 13.5 Å². The van der Waals surface area contributed by atoms with Gasteiger partial charge in [-0.1, -0.05) is 13.8 Å². The summed E-state index contributed by atoms with van der Waals surface area (Å²) in [6.07, 6.45) is 4.92. The van der Waals surface area contributed by atoms with E-state index in [-0.39, 0.29) is 11.6 Å². The van der Waals surface area contributed by atoms with E-state index in [1.54, 1.807) is 0 Å². The normalized spacial score (nSPS) is 14.3. The minimum atomic E-state index is 0.0670. The maximum absolute atomic E-state index is 6.43. The van der Waals surface area contributed by atoms with Crippen molar-refractivity contribution in [2.75, 3.05) is 14.1 Å². The van der Waals surface area contributed by atoms with E-state index >= 15 is 0 Å². The average Bonchev–Trinajstić information content (AvgIpc) is 2.66. The van der Waals surface area contributed by atoms with Crippen molar-refractivity contribution in [1.82, 2.24) is 14.7 Å². The number of rotatable bonds is 6. The fourth-order valence-corrected chi connectivity index (χ4v) is 2.73. The van der Waals surface area contributed by atoms with Crippen LogP contribution in [0.4, 0.5) is 0 Å². The Kier molecular flexibility index (Phi) is 4.71. The first-order valence-electron chi connectivity index (χ1n) is 6.37. The summed E-state index contributed by atoms with van der Waals surface area (Å²) in [6.45, 7) is 4.42. The van der Waals surface area contributed by atoms with Crippen molar-refractivity contribution in [2.24, 2.45) is 12.8 Å². The van der Waals surface area contributed by atoms with E-state index < -0.39 is 0 Å². The maximum atomic E-state index is 6.43. The van der Waals surface area contributed by atoms with Gasteiger partial charge in [-0.3, -0.25) is 4.68 Å². The van der Waals surface area contributed by atoms with E-state index in [4.69, 9.17) is 5.73 Å². The maximum Gasteiger partial charge on any atom is 0.0640 e. The van der Waals surface area contributed by atoms with E-state index in [0.717, 1.165) is 25.0 Å². The number of hydrogen-bond acceptors (Lipinski definition) is 3. The van der Waals surface area contributed by atoms with E-state index in [9.17, 15) is 0 Å². The van der Waals surface area contributed by atoms with Gasteiger partial charge in [0.05, 0.1) is 5.69 Å². The zero-order chi connectivity index (χ0) is 13.1. The summed E-state index contributed by atoms with van der Waals surface area (Å²) >= 11 is 0. The number of aromatic nitrogens is 2. The fourth-order valence-electron chi connectivity index (χ4n) is 2.73. The summed E-state index contributed by atoms with van der Waals surface area (Å²) in [5.41, 5.74) is 7.57. The van der Waals surface area contributed by atoms with Crippen molar-refractivity contribution in [1.29, 1.82) is 0 Å². The zero-order valence-corrected chi connectivity index (χ0v) is 11.8. The topological polar surface area (TPSA) is 47.1 Å². The number of likely N-dealkylation sites (N-methyl/N-ethyl adjacent to an activating group) is 1. The Morgan fingerprint density at radius 1 is 1.41 bits per heavy atom. The SMILES string of the molecule is CCC(CC)(C(N)Cc1ccn(C)n1)N(C)C. The van der Waals surface area contributed by atoms with Crippen molar-refractivity contribution in [2.45, 2.75) is 44.7 Å². The lowest BCUT2D eigenvalue weighted by Crippen LogP contribution is -2.57. The predicted molar refractivity (Wildman–Crippen MR) is 71.9 cm³/mol. The third kappa shape index (κ3) is 2.87. The van der Waals surface area contributed by atoms with Gasteiger partial charge in [-0.15, -0.1) is 0 Å². The highest BCUT2D eigenvalue weighted by Gasteiger charge is 2.35. The molecule has 0 spiro atoms. The molecule has 4 heteroatoms. The molecule has 1 atom stereocenters. The molecule has 98 valence electrons. The Morgan fingerprint density at radius 3 is 2.35 bits per heavy atom. The molecule has 0 saturated carbocycles. The summed E-state index contributed by atoms with van der Waals surface area (Å²) in [5.74, 6) is 0. The molecule has 2 N–H and O–H groups in total. The molecule has 1 aromatic heterocycles. The molecule has 0 aliphatic rings. The quantitative estimate of drug-likeness (QED) is 0.815. The van der Waals surface area contributed by atoms with Crippen LogP contribution in [-0.4, -0.2) is 40.4 Å². The van der Waals surface area contributed by atoms with Crippen LogP contribution in [0.1, 0.15) is 32.4 Å². The highest BCUT2D eigenvalue weighted by Crippen LogP contribution is 2.26. The monoisotopic (exact) mass is 238 g/mol. The van der Waals surface area contributed by atoms with Crippen LogP contribution in [0.3, 0.4) is 0 Å². The molecule has 0 aliphatic carbocycles. The first kappa shape index (κ1) is 14.2. The molecule has 1 heterocycles. The Labute approximate surface area is 105 Å². The second kappa shape index (κ2) is 5.65. The molecule has 0 aliphatic heterocycles. The van der Waals surface area contributed by atoms with Gasteiger partial charge in [0.2, 0.25) is 0 Å². The van der Waals surface area contributed by atoms with Gasteiger partial charge < -0.3 is 10.6 Å². The highest BCUT2D eigenvalue weighted by molar-refractivity contribution is 5.06. The van der Waals surface area contributed by atoms with Gasteiger partial charge in [0.15, 0.2) is 0 Å². The van der Waals surface area contributed by atoms with Crippen molar-refractivity contribution >= 4 is 0 Å². The first-order valence-corrected chi connectivity index (χ1v) is 6.37. The van der Waals surface area contributed by atoms with Crippen molar-refractivity contribution in [3.8, 4) is 0 Å². The first-order chi connectivity index (χ1) is 7.96. The Morgan fingerprint density at radius 2 is 2.00 bits per heavy atom. The minimum absolute atomic E-state index is 0.0670.